The molecule has 1 unspecified atom stereocenters. The van der Waals surface area contributed by atoms with E-state index in [4.69, 9.17) is 5.26 Å². The van der Waals surface area contributed by atoms with E-state index in [9.17, 15) is 4.79 Å². The van der Waals surface area contributed by atoms with Gasteiger partial charge in [-0.3, -0.25) is 4.79 Å². The third-order valence-corrected chi connectivity index (χ3v) is 3.09. The van der Waals surface area contributed by atoms with Crippen molar-refractivity contribution in [2.45, 2.75) is 26.8 Å². The lowest BCUT2D eigenvalue weighted by Gasteiger charge is -2.25. The lowest BCUT2D eigenvalue weighted by molar-refractivity contribution is 0.0922. The van der Waals surface area contributed by atoms with Gasteiger partial charge in [-0.15, -0.1) is 5.10 Å². The Morgan fingerprint density at radius 1 is 1.33 bits per heavy atom. The molecule has 2 rings (SSSR count). The number of nitrogens with zero attached hydrogens (tertiary/aromatic N) is 4. The number of nitriles is 1. The van der Waals surface area contributed by atoms with E-state index < -0.39 is 6.04 Å². The molecule has 1 heterocycles. The Morgan fingerprint density at radius 2 is 2.00 bits per heavy atom. The van der Waals surface area contributed by atoms with Crippen LogP contribution in [0.25, 0.3) is 5.69 Å². The lowest BCUT2D eigenvalue weighted by Crippen LogP contribution is -2.42. The van der Waals surface area contributed by atoms with Crippen LogP contribution in [0, 0.1) is 16.7 Å². The predicted octanol–water partition coefficient (Wildman–Crippen LogP) is 1.94. The number of nitrogens with one attached hydrogen (secondary N) is 1. The van der Waals surface area contributed by atoms with Crippen LogP contribution in [0.4, 0.5) is 0 Å². The summed E-state index contributed by atoms with van der Waals surface area (Å²) in [5.74, 6) is -0.262. The van der Waals surface area contributed by atoms with Crippen molar-refractivity contribution < 1.29 is 4.79 Å². The summed E-state index contributed by atoms with van der Waals surface area (Å²) in [6.45, 7) is 5.74. The van der Waals surface area contributed by atoms with E-state index in [1.54, 1.807) is 41.3 Å². The first-order valence-electron chi connectivity index (χ1n) is 6.59. The van der Waals surface area contributed by atoms with Gasteiger partial charge in [-0.05, 0) is 29.7 Å². The summed E-state index contributed by atoms with van der Waals surface area (Å²) in [7, 11) is 0. The van der Waals surface area contributed by atoms with Gasteiger partial charge in [-0.2, -0.15) is 5.26 Å². The minimum atomic E-state index is -0.542. The van der Waals surface area contributed by atoms with Crippen LogP contribution in [0.5, 0.6) is 0 Å². The van der Waals surface area contributed by atoms with Crippen LogP contribution in [0.1, 0.15) is 31.1 Å². The van der Waals surface area contributed by atoms with Gasteiger partial charge in [0.1, 0.15) is 6.04 Å². The van der Waals surface area contributed by atoms with Crippen LogP contribution in [0.15, 0.2) is 36.7 Å². The molecule has 0 bridgehead atoms. The summed E-state index contributed by atoms with van der Waals surface area (Å²) in [4.78, 5) is 12.2. The van der Waals surface area contributed by atoms with Crippen LogP contribution in [0.2, 0.25) is 0 Å². The van der Waals surface area contributed by atoms with Crippen molar-refractivity contribution in [2.24, 2.45) is 5.41 Å². The number of carbonyl (C=O) groups is 1. The second-order valence-electron chi connectivity index (χ2n) is 5.80. The Kier molecular flexibility index (Phi) is 4.03. The number of hydrogen-bond donors (Lipinski definition) is 1. The summed E-state index contributed by atoms with van der Waals surface area (Å²) in [6.07, 6.45) is 3.31. The zero-order valence-electron chi connectivity index (χ0n) is 12.2. The van der Waals surface area contributed by atoms with E-state index >= 15 is 0 Å². The van der Waals surface area contributed by atoms with Crippen LogP contribution < -0.4 is 5.32 Å². The van der Waals surface area contributed by atoms with Gasteiger partial charge in [0.15, 0.2) is 0 Å². The Balaban J connectivity index is 2.12. The smallest absolute Gasteiger partial charge is 0.252 e. The van der Waals surface area contributed by atoms with Crippen molar-refractivity contribution in [2.75, 3.05) is 0 Å². The Morgan fingerprint density at radius 3 is 2.48 bits per heavy atom. The lowest BCUT2D eigenvalue weighted by atomic mass is 9.87. The molecule has 0 fully saturated rings. The van der Waals surface area contributed by atoms with Crippen LogP contribution in [-0.4, -0.2) is 26.9 Å². The van der Waals surface area contributed by atoms with Crippen LogP contribution in [0.3, 0.4) is 0 Å². The topological polar surface area (TPSA) is 83.6 Å². The van der Waals surface area contributed by atoms with E-state index in [1.165, 1.54) is 0 Å². The van der Waals surface area contributed by atoms with Gasteiger partial charge in [0.25, 0.3) is 5.91 Å². The van der Waals surface area contributed by atoms with E-state index in [1.807, 2.05) is 20.8 Å². The fourth-order valence-corrected chi connectivity index (χ4v) is 1.77. The largest absolute Gasteiger partial charge is 0.336 e. The first-order chi connectivity index (χ1) is 9.91. The molecule has 0 radical (unpaired) electrons. The number of hydrogen-bond acceptors (Lipinski definition) is 4. The monoisotopic (exact) mass is 283 g/mol. The molecule has 1 aromatic heterocycles. The van der Waals surface area contributed by atoms with E-state index in [-0.39, 0.29) is 11.3 Å². The van der Waals surface area contributed by atoms with Gasteiger partial charge < -0.3 is 5.32 Å². The maximum absolute atomic E-state index is 12.2. The molecular weight excluding hydrogens is 266 g/mol. The van der Waals surface area contributed by atoms with Gasteiger partial charge in [0.2, 0.25) is 0 Å². The van der Waals surface area contributed by atoms with Crippen molar-refractivity contribution in [3.8, 4) is 11.8 Å². The Labute approximate surface area is 123 Å². The quantitative estimate of drug-likeness (QED) is 0.933. The van der Waals surface area contributed by atoms with Gasteiger partial charge >= 0.3 is 0 Å². The molecule has 2 aromatic rings. The molecule has 21 heavy (non-hydrogen) atoms. The zero-order valence-corrected chi connectivity index (χ0v) is 12.2. The van der Waals surface area contributed by atoms with E-state index in [0.29, 0.717) is 5.56 Å². The molecule has 0 aliphatic carbocycles. The first kappa shape index (κ1) is 14.7. The summed E-state index contributed by atoms with van der Waals surface area (Å²) >= 11 is 0. The second-order valence-corrected chi connectivity index (χ2v) is 5.80. The van der Waals surface area contributed by atoms with E-state index in [2.05, 4.69) is 21.7 Å². The number of aromatic nitrogens is 3. The highest BCUT2D eigenvalue weighted by Crippen LogP contribution is 2.19. The van der Waals surface area contributed by atoms with Crippen molar-refractivity contribution in [1.82, 2.24) is 20.3 Å². The maximum atomic E-state index is 12.2. The molecule has 108 valence electrons. The normalized spacial score (nSPS) is 12.5. The molecular formula is C15H17N5O. The summed E-state index contributed by atoms with van der Waals surface area (Å²) in [5.41, 5.74) is 1.01. The van der Waals surface area contributed by atoms with Gasteiger partial charge in [-0.1, -0.05) is 26.0 Å². The van der Waals surface area contributed by atoms with Crippen LogP contribution in [-0.2, 0) is 0 Å². The molecule has 1 aromatic carbocycles. The molecule has 1 amide bonds. The van der Waals surface area contributed by atoms with Crippen molar-refractivity contribution >= 4 is 5.91 Å². The third kappa shape index (κ3) is 3.45. The van der Waals surface area contributed by atoms with Gasteiger partial charge in [0, 0.05) is 5.56 Å². The molecule has 1 atom stereocenters. The average Bonchev–Trinajstić information content (AvgIpc) is 2.97. The molecule has 6 heteroatoms. The summed E-state index contributed by atoms with van der Waals surface area (Å²) in [6, 6.07) is 8.54. The average molecular weight is 283 g/mol. The molecule has 0 saturated carbocycles. The minimum Gasteiger partial charge on any atom is -0.336 e. The highest BCUT2D eigenvalue weighted by molar-refractivity contribution is 5.94. The Bertz CT molecular complexity index is 647. The van der Waals surface area contributed by atoms with Crippen LogP contribution >= 0.6 is 0 Å². The number of benzene rings is 1. The standard InChI is InChI=1S/C15H17N5O/c1-15(2,3)13(10-16)18-14(21)11-4-6-12(7-5-11)20-9-8-17-19-20/h4-9,13H,1-3H3,(H,18,21). The molecule has 1 N–H and O–H groups in total. The molecule has 0 spiro atoms. The molecule has 0 aliphatic rings. The fraction of sp³-hybridized carbons (Fsp3) is 0.333. The molecule has 0 saturated heterocycles. The van der Waals surface area contributed by atoms with Gasteiger partial charge in [0.05, 0.1) is 24.2 Å². The van der Waals surface area contributed by atoms with Crippen molar-refractivity contribution in [3.05, 3.63) is 42.2 Å². The molecule has 0 aliphatic heterocycles. The number of carbonyl (C=O) groups excluding carboxylic acids is 1. The van der Waals surface area contributed by atoms with Gasteiger partial charge in [-0.25, -0.2) is 4.68 Å². The number of rotatable bonds is 3. The summed E-state index contributed by atoms with van der Waals surface area (Å²) in [5, 5.41) is 19.5. The van der Waals surface area contributed by atoms with Crippen molar-refractivity contribution in [3.63, 3.8) is 0 Å². The highest BCUT2D eigenvalue weighted by atomic mass is 16.1. The minimum absolute atomic E-state index is 0.262. The fourth-order valence-electron chi connectivity index (χ4n) is 1.77. The second kappa shape index (κ2) is 5.75. The number of amides is 1. The highest BCUT2D eigenvalue weighted by Gasteiger charge is 2.26. The Hall–Kier alpha value is -2.68. The molecule has 6 nitrogen and oxygen atoms in total. The predicted molar refractivity (Wildman–Crippen MR) is 77.7 cm³/mol. The maximum Gasteiger partial charge on any atom is 0.252 e. The van der Waals surface area contributed by atoms with E-state index in [0.717, 1.165) is 5.69 Å². The third-order valence-electron chi connectivity index (χ3n) is 3.09. The zero-order chi connectivity index (χ0) is 15.5. The van der Waals surface area contributed by atoms with Crippen molar-refractivity contribution in [1.29, 1.82) is 5.26 Å². The first-order valence-corrected chi connectivity index (χ1v) is 6.59. The SMILES string of the molecule is CC(C)(C)C(C#N)NC(=O)c1ccc(-n2ccnn2)cc1. The summed E-state index contributed by atoms with van der Waals surface area (Å²) < 4.78 is 1.61.